The lowest BCUT2D eigenvalue weighted by molar-refractivity contribution is -0.117. The number of esters is 1. The average molecular weight is 453 g/mol. The van der Waals surface area contributed by atoms with E-state index in [2.05, 4.69) is 14.8 Å². The molecule has 166 valence electrons. The van der Waals surface area contributed by atoms with Gasteiger partial charge in [-0.3, -0.25) is 4.79 Å². The quantitative estimate of drug-likeness (QED) is 0.511. The Hall–Kier alpha value is -3.49. The Balaban J connectivity index is 1.82. The van der Waals surface area contributed by atoms with Gasteiger partial charge in [-0.25, -0.2) is 13.2 Å². The summed E-state index contributed by atoms with van der Waals surface area (Å²) in [7, 11) is -2.64. The van der Waals surface area contributed by atoms with Crippen molar-refractivity contribution in [1.82, 2.24) is 4.72 Å². The molecule has 0 aromatic heterocycles. The first-order valence-corrected chi connectivity index (χ1v) is 11.4. The Morgan fingerprint density at radius 2 is 1.53 bits per heavy atom. The minimum Gasteiger partial charge on any atom is -0.465 e. The fourth-order valence-corrected chi connectivity index (χ4v) is 4.24. The maximum Gasteiger partial charge on any atom is 0.337 e. The second kappa shape index (κ2) is 10.2. The van der Waals surface area contributed by atoms with E-state index in [1.807, 2.05) is 37.3 Å². The van der Waals surface area contributed by atoms with Crippen LogP contribution in [0.4, 0.5) is 5.69 Å². The molecule has 0 saturated carbocycles. The number of carbonyl (C=O) groups excluding carboxylic acids is 2. The van der Waals surface area contributed by atoms with Crippen molar-refractivity contribution in [3.63, 3.8) is 0 Å². The summed E-state index contributed by atoms with van der Waals surface area (Å²) in [5.41, 5.74) is 2.50. The van der Waals surface area contributed by atoms with E-state index in [1.54, 1.807) is 24.3 Å². The van der Waals surface area contributed by atoms with Gasteiger partial charge in [-0.15, -0.1) is 0 Å². The van der Waals surface area contributed by atoms with Crippen LogP contribution in [0.2, 0.25) is 0 Å². The van der Waals surface area contributed by atoms with Crippen LogP contribution in [0, 0.1) is 6.92 Å². The number of ether oxygens (including phenoxy) is 1. The molecule has 32 heavy (non-hydrogen) atoms. The SMILES string of the molecule is COC(=O)c1ccc(NC(=O)[C@@H](Cc2ccccc2)NS(=O)(=O)c2ccc(C)cc2)cc1. The van der Waals surface area contributed by atoms with Gasteiger partial charge in [-0.05, 0) is 55.3 Å². The molecule has 3 rings (SSSR count). The predicted molar refractivity (Wildman–Crippen MR) is 122 cm³/mol. The van der Waals surface area contributed by atoms with Crippen molar-refractivity contribution in [1.29, 1.82) is 0 Å². The zero-order chi connectivity index (χ0) is 23.1. The van der Waals surface area contributed by atoms with Crippen LogP contribution in [-0.2, 0) is 26.0 Å². The van der Waals surface area contributed by atoms with Gasteiger partial charge in [0.15, 0.2) is 0 Å². The predicted octanol–water partition coefficient (Wildman–Crippen LogP) is 3.31. The highest BCUT2D eigenvalue weighted by Crippen LogP contribution is 2.15. The van der Waals surface area contributed by atoms with Gasteiger partial charge in [0, 0.05) is 5.69 Å². The van der Waals surface area contributed by atoms with E-state index in [-0.39, 0.29) is 11.3 Å². The van der Waals surface area contributed by atoms with Crippen molar-refractivity contribution in [3.8, 4) is 0 Å². The minimum absolute atomic E-state index is 0.0800. The second-order valence-electron chi connectivity index (χ2n) is 7.23. The molecule has 1 amide bonds. The van der Waals surface area contributed by atoms with E-state index in [1.165, 1.54) is 31.4 Å². The third kappa shape index (κ3) is 6.03. The molecule has 0 aliphatic heterocycles. The molecule has 7 nitrogen and oxygen atoms in total. The summed E-state index contributed by atoms with van der Waals surface area (Å²) < 4.78 is 33.0. The van der Waals surface area contributed by atoms with Gasteiger partial charge in [0.25, 0.3) is 0 Å². The number of rotatable bonds is 8. The van der Waals surface area contributed by atoms with Gasteiger partial charge in [0.1, 0.15) is 6.04 Å². The molecule has 2 N–H and O–H groups in total. The number of aryl methyl sites for hydroxylation is 1. The number of nitrogens with one attached hydrogen (secondary N) is 2. The van der Waals surface area contributed by atoms with Gasteiger partial charge in [-0.2, -0.15) is 4.72 Å². The van der Waals surface area contributed by atoms with Crippen molar-refractivity contribution in [2.75, 3.05) is 12.4 Å². The molecule has 0 fully saturated rings. The molecular formula is C24H24N2O5S. The molecule has 3 aromatic carbocycles. The number of methoxy groups -OCH3 is 1. The fourth-order valence-electron chi connectivity index (χ4n) is 3.05. The molecule has 8 heteroatoms. The van der Waals surface area contributed by atoms with E-state index in [9.17, 15) is 18.0 Å². The first-order chi connectivity index (χ1) is 15.3. The smallest absolute Gasteiger partial charge is 0.337 e. The summed E-state index contributed by atoms with van der Waals surface area (Å²) in [5, 5.41) is 2.71. The van der Waals surface area contributed by atoms with Crippen LogP contribution >= 0.6 is 0 Å². The Kier molecular flexibility index (Phi) is 7.40. The van der Waals surface area contributed by atoms with E-state index >= 15 is 0 Å². The summed E-state index contributed by atoms with van der Waals surface area (Å²) >= 11 is 0. The molecule has 0 heterocycles. The second-order valence-corrected chi connectivity index (χ2v) is 8.95. The van der Waals surface area contributed by atoms with Crippen LogP contribution in [0.1, 0.15) is 21.5 Å². The van der Waals surface area contributed by atoms with Gasteiger partial charge in [-0.1, -0.05) is 48.0 Å². The molecule has 0 saturated heterocycles. The maximum absolute atomic E-state index is 13.0. The number of anilines is 1. The molecular weight excluding hydrogens is 428 g/mol. The van der Waals surface area contributed by atoms with Gasteiger partial charge >= 0.3 is 5.97 Å². The van der Waals surface area contributed by atoms with E-state index in [0.717, 1.165) is 11.1 Å². The topological polar surface area (TPSA) is 102 Å². The molecule has 0 aliphatic carbocycles. The third-order valence-corrected chi connectivity index (χ3v) is 6.29. The molecule has 1 atom stereocenters. The number of benzene rings is 3. The summed E-state index contributed by atoms with van der Waals surface area (Å²) in [6.07, 6.45) is 0.165. The van der Waals surface area contributed by atoms with Crippen molar-refractivity contribution in [3.05, 3.63) is 95.6 Å². The standard InChI is InChI=1S/C24H24N2O5S/c1-17-8-14-21(15-9-17)32(29,30)26-22(16-18-6-4-3-5-7-18)23(27)25-20-12-10-19(11-13-20)24(28)31-2/h3-15,22,26H,16H2,1-2H3,(H,25,27)/t22-/m1/s1. The number of hydrogen-bond donors (Lipinski definition) is 2. The van der Waals surface area contributed by atoms with Crippen molar-refractivity contribution >= 4 is 27.6 Å². The normalized spacial score (nSPS) is 12.1. The molecule has 0 aliphatic rings. The van der Waals surface area contributed by atoms with Crippen LogP contribution in [0.3, 0.4) is 0 Å². The van der Waals surface area contributed by atoms with E-state index in [4.69, 9.17) is 0 Å². The van der Waals surface area contributed by atoms with Crippen LogP contribution in [0.15, 0.2) is 83.8 Å². The Morgan fingerprint density at radius 3 is 2.12 bits per heavy atom. The van der Waals surface area contributed by atoms with E-state index in [0.29, 0.717) is 11.3 Å². The minimum atomic E-state index is -3.93. The number of hydrogen-bond acceptors (Lipinski definition) is 5. The number of sulfonamides is 1. The monoisotopic (exact) mass is 452 g/mol. The maximum atomic E-state index is 13.0. The zero-order valence-corrected chi connectivity index (χ0v) is 18.6. The van der Waals surface area contributed by atoms with Gasteiger partial charge < -0.3 is 10.1 Å². The van der Waals surface area contributed by atoms with Gasteiger partial charge in [0.2, 0.25) is 15.9 Å². The Morgan fingerprint density at radius 1 is 0.906 bits per heavy atom. The van der Waals surface area contributed by atoms with Crippen LogP contribution in [0.25, 0.3) is 0 Å². The van der Waals surface area contributed by atoms with Gasteiger partial charge in [0.05, 0.1) is 17.6 Å². The van der Waals surface area contributed by atoms with Crippen molar-refractivity contribution in [2.24, 2.45) is 0 Å². The lowest BCUT2D eigenvalue weighted by Crippen LogP contribution is -2.45. The van der Waals surface area contributed by atoms with Crippen LogP contribution in [0.5, 0.6) is 0 Å². The highest BCUT2D eigenvalue weighted by Gasteiger charge is 2.26. The first-order valence-electron chi connectivity index (χ1n) is 9.90. The van der Waals surface area contributed by atoms with Crippen molar-refractivity contribution in [2.45, 2.75) is 24.3 Å². The number of carbonyl (C=O) groups is 2. The molecule has 0 bridgehead atoms. The summed E-state index contributed by atoms with van der Waals surface area (Å²) in [6, 6.07) is 20.6. The summed E-state index contributed by atoms with van der Waals surface area (Å²) in [4.78, 5) is 24.7. The van der Waals surface area contributed by atoms with E-state index < -0.39 is 27.9 Å². The molecule has 3 aromatic rings. The highest BCUT2D eigenvalue weighted by atomic mass is 32.2. The largest absolute Gasteiger partial charge is 0.465 e. The number of amides is 1. The lowest BCUT2D eigenvalue weighted by Gasteiger charge is -2.19. The summed E-state index contributed by atoms with van der Waals surface area (Å²) in [6.45, 7) is 1.86. The fraction of sp³-hybridized carbons (Fsp3) is 0.167. The summed E-state index contributed by atoms with van der Waals surface area (Å²) in [5.74, 6) is -1.01. The Labute approximate surface area is 187 Å². The van der Waals surface area contributed by atoms with Crippen molar-refractivity contribution < 1.29 is 22.7 Å². The molecule has 0 spiro atoms. The van der Waals surface area contributed by atoms with Crippen LogP contribution < -0.4 is 10.0 Å². The highest BCUT2D eigenvalue weighted by molar-refractivity contribution is 7.89. The lowest BCUT2D eigenvalue weighted by atomic mass is 10.1. The zero-order valence-electron chi connectivity index (χ0n) is 17.7. The average Bonchev–Trinajstić information content (AvgIpc) is 2.79. The Bertz CT molecular complexity index is 1180. The first kappa shape index (κ1) is 23.2. The third-order valence-electron chi connectivity index (χ3n) is 4.80. The molecule has 0 radical (unpaired) electrons. The molecule has 0 unspecified atom stereocenters. The van der Waals surface area contributed by atoms with Crippen LogP contribution in [-0.4, -0.2) is 33.4 Å².